The molecule has 0 saturated heterocycles. The van der Waals surface area contributed by atoms with Crippen LogP contribution >= 0.6 is 11.5 Å². The molecule has 30 heavy (non-hydrogen) atoms. The van der Waals surface area contributed by atoms with Crippen LogP contribution in [0.25, 0.3) is 21.7 Å². The smallest absolute Gasteiger partial charge is 0.435 e. The van der Waals surface area contributed by atoms with Gasteiger partial charge in [-0.1, -0.05) is 30.3 Å². The molecule has 1 aromatic carbocycles. The first kappa shape index (κ1) is 20.0. The molecule has 0 bridgehead atoms. The number of pyridine rings is 1. The van der Waals surface area contributed by atoms with Gasteiger partial charge in [0.15, 0.2) is 16.3 Å². The van der Waals surface area contributed by atoms with E-state index in [1.165, 1.54) is 18.3 Å². The second-order valence-corrected chi connectivity index (χ2v) is 7.48. The lowest BCUT2D eigenvalue weighted by Gasteiger charge is -2.19. The lowest BCUT2D eigenvalue weighted by molar-refractivity contribution is -0.139. The highest BCUT2D eigenvalue weighted by Crippen LogP contribution is 2.36. The summed E-state index contributed by atoms with van der Waals surface area (Å²) in [6.45, 7) is 1.71. The van der Waals surface area contributed by atoms with Gasteiger partial charge in [-0.25, -0.2) is 9.97 Å². The fraction of sp³-hybridized carbons (Fsp3) is 0.200. The summed E-state index contributed by atoms with van der Waals surface area (Å²) in [7, 11) is 0. The van der Waals surface area contributed by atoms with E-state index < -0.39 is 28.9 Å². The number of rotatable bonds is 4. The van der Waals surface area contributed by atoms with Crippen molar-refractivity contribution in [1.82, 2.24) is 18.9 Å². The highest BCUT2D eigenvalue weighted by molar-refractivity contribution is 7.12. The lowest BCUT2D eigenvalue weighted by atomic mass is 10.1. The van der Waals surface area contributed by atoms with Crippen molar-refractivity contribution in [1.29, 1.82) is 0 Å². The second kappa shape index (κ2) is 7.52. The average Bonchev–Trinajstić information content (AvgIpc) is 3.14. The summed E-state index contributed by atoms with van der Waals surface area (Å²) in [5.74, 6) is -0.239. The van der Waals surface area contributed by atoms with Crippen LogP contribution in [-0.2, 0) is 12.6 Å². The Kier molecular flexibility index (Phi) is 5.02. The third-order valence-electron chi connectivity index (χ3n) is 4.62. The van der Waals surface area contributed by atoms with E-state index in [1.54, 1.807) is 6.92 Å². The van der Waals surface area contributed by atoms with Crippen LogP contribution in [0.5, 0.6) is 5.75 Å². The molecule has 1 N–H and O–H groups in total. The Hall–Kier alpha value is -3.27. The first-order valence-electron chi connectivity index (χ1n) is 8.94. The Morgan fingerprint density at radius 2 is 1.90 bits per heavy atom. The Labute approximate surface area is 172 Å². The van der Waals surface area contributed by atoms with Gasteiger partial charge >= 0.3 is 6.18 Å². The molecule has 0 aliphatic carbocycles. The first-order valence-corrected chi connectivity index (χ1v) is 9.72. The van der Waals surface area contributed by atoms with Crippen molar-refractivity contribution < 1.29 is 18.3 Å². The molecule has 3 aromatic heterocycles. The van der Waals surface area contributed by atoms with Gasteiger partial charge in [0, 0.05) is 12.2 Å². The van der Waals surface area contributed by atoms with Gasteiger partial charge in [-0.2, -0.15) is 17.5 Å². The Morgan fingerprint density at radius 3 is 2.57 bits per heavy atom. The molecule has 4 rings (SSSR count). The number of hydrogen-bond acceptors (Lipinski definition) is 6. The maximum atomic E-state index is 13.4. The van der Waals surface area contributed by atoms with E-state index in [1.807, 2.05) is 30.3 Å². The van der Waals surface area contributed by atoms with E-state index in [-0.39, 0.29) is 22.1 Å². The number of hydrogen-bond donors (Lipinski definition) is 1. The molecule has 0 spiro atoms. The summed E-state index contributed by atoms with van der Waals surface area (Å²) >= 11 is 0.490. The van der Waals surface area contributed by atoms with Crippen molar-refractivity contribution in [3.8, 4) is 17.3 Å². The van der Waals surface area contributed by atoms with Crippen molar-refractivity contribution in [2.75, 3.05) is 0 Å². The number of alkyl halides is 3. The number of aromatic hydroxyl groups is 1. The Morgan fingerprint density at radius 1 is 1.17 bits per heavy atom. The van der Waals surface area contributed by atoms with Crippen molar-refractivity contribution in [2.45, 2.75) is 25.6 Å². The molecule has 3 heterocycles. The zero-order chi connectivity index (χ0) is 21.5. The summed E-state index contributed by atoms with van der Waals surface area (Å²) in [5.41, 5.74) is -1.21. The molecule has 1 atom stereocenters. The van der Waals surface area contributed by atoms with Gasteiger partial charge in [0.2, 0.25) is 0 Å². The molecular weight excluding hydrogens is 417 g/mol. The molecule has 0 saturated carbocycles. The molecule has 0 aliphatic rings. The minimum Gasteiger partial charge on any atom is -0.506 e. The van der Waals surface area contributed by atoms with E-state index in [9.17, 15) is 23.1 Å². The van der Waals surface area contributed by atoms with Gasteiger partial charge in [0.1, 0.15) is 16.8 Å². The van der Waals surface area contributed by atoms with Crippen molar-refractivity contribution in [3.05, 3.63) is 70.3 Å². The van der Waals surface area contributed by atoms with Gasteiger partial charge < -0.3 is 5.11 Å². The molecule has 10 heteroatoms. The summed E-state index contributed by atoms with van der Waals surface area (Å²) in [4.78, 5) is 21.5. The van der Waals surface area contributed by atoms with E-state index in [0.717, 1.165) is 10.1 Å². The van der Waals surface area contributed by atoms with E-state index in [2.05, 4.69) is 14.3 Å². The van der Waals surface area contributed by atoms with Crippen LogP contribution in [0.1, 0.15) is 24.2 Å². The van der Waals surface area contributed by atoms with Gasteiger partial charge in [0.25, 0.3) is 5.56 Å². The molecule has 154 valence electrons. The number of halogens is 3. The standard InChI is InChI=1S/C20H15F3N4O2S/c1-11(10-12-6-3-2-4-7-12)27-17(15-13(28)8-5-9-24-15)25-18-14(19(27)29)16(26-30-18)20(21,22)23/h2-9,11,28H,10H2,1H3. The fourth-order valence-corrected chi connectivity index (χ4v) is 4.08. The normalized spacial score (nSPS) is 12.9. The van der Waals surface area contributed by atoms with Crippen molar-refractivity contribution >= 4 is 21.7 Å². The molecule has 4 aromatic rings. The summed E-state index contributed by atoms with van der Waals surface area (Å²) < 4.78 is 44.8. The van der Waals surface area contributed by atoms with Crippen LogP contribution in [-0.4, -0.2) is 24.0 Å². The first-order chi connectivity index (χ1) is 14.3. The van der Waals surface area contributed by atoms with Gasteiger partial charge in [-0.05, 0) is 42.6 Å². The SMILES string of the molecule is CC(Cc1ccccc1)n1c(-c2ncccc2O)nc2snc(C(F)(F)F)c2c1=O. The Balaban J connectivity index is 1.99. The number of benzene rings is 1. The van der Waals surface area contributed by atoms with Crippen LogP contribution in [0.3, 0.4) is 0 Å². The zero-order valence-electron chi connectivity index (χ0n) is 15.6. The molecule has 1 unspecified atom stereocenters. The van der Waals surface area contributed by atoms with Crippen molar-refractivity contribution in [3.63, 3.8) is 0 Å². The minimum atomic E-state index is -4.78. The van der Waals surface area contributed by atoms with Crippen LogP contribution < -0.4 is 5.56 Å². The Bertz CT molecular complexity index is 1270. The molecule has 0 amide bonds. The van der Waals surface area contributed by atoms with Crippen molar-refractivity contribution in [2.24, 2.45) is 0 Å². The lowest BCUT2D eigenvalue weighted by Crippen LogP contribution is -2.28. The maximum Gasteiger partial charge on any atom is 0.435 e. The predicted octanol–water partition coefficient (Wildman–Crippen LogP) is 4.44. The zero-order valence-corrected chi connectivity index (χ0v) is 16.4. The highest BCUT2D eigenvalue weighted by atomic mass is 32.1. The van der Waals surface area contributed by atoms with Gasteiger partial charge in [0.05, 0.1) is 0 Å². The van der Waals surface area contributed by atoms with Gasteiger partial charge in [-0.15, -0.1) is 0 Å². The summed E-state index contributed by atoms with van der Waals surface area (Å²) in [6.07, 6.45) is -3.01. The third-order valence-corrected chi connectivity index (χ3v) is 5.37. The average molecular weight is 432 g/mol. The molecule has 0 aliphatic heterocycles. The maximum absolute atomic E-state index is 13.4. The number of aromatic nitrogens is 4. The monoisotopic (exact) mass is 432 g/mol. The fourth-order valence-electron chi connectivity index (χ4n) is 3.30. The highest BCUT2D eigenvalue weighted by Gasteiger charge is 2.38. The van der Waals surface area contributed by atoms with E-state index in [0.29, 0.717) is 18.0 Å². The molecule has 0 fully saturated rings. The van der Waals surface area contributed by atoms with E-state index >= 15 is 0 Å². The second-order valence-electron chi connectivity index (χ2n) is 6.73. The molecular formula is C20H15F3N4O2S. The quantitative estimate of drug-likeness (QED) is 0.516. The minimum absolute atomic E-state index is 0.00796. The van der Waals surface area contributed by atoms with Crippen LogP contribution in [0, 0.1) is 0 Å². The largest absolute Gasteiger partial charge is 0.506 e. The van der Waals surface area contributed by atoms with Crippen LogP contribution in [0.4, 0.5) is 13.2 Å². The van der Waals surface area contributed by atoms with E-state index in [4.69, 9.17) is 0 Å². The van der Waals surface area contributed by atoms with Gasteiger partial charge in [-0.3, -0.25) is 9.36 Å². The number of nitrogens with zero attached hydrogens (tertiary/aromatic N) is 4. The molecule has 0 radical (unpaired) electrons. The molecule has 6 nitrogen and oxygen atoms in total. The topological polar surface area (TPSA) is 80.9 Å². The van der Waals surface area contributed by atoms with Crippen LogP contribution in [0.15, 0.2) is 53.5 Å². The van der Waals surface area contributed by atoms with Crippen LogP contribution in [0.2, 0.25) is 0 Å². The summed E-state index contributed by atoms with van der Waals surface area (Å²) in [5, 5.41) is 9.67. The predicted molar refractivity (Wildman–Crippen MR) is 106 cm³/mol. The number of fused-ring (bicyclic) bond motifs is 1. The third kappa shape index (κ3) is 3.54. The summed E-state index contributed by atoms with van der Waals surface area (Å²) in [6, 6.07) is 11.6.